The van der Waals surface area contributed by atoms with E-state index in [0.717, 1.165) is 12.1 Å². The molecule has 2 aromatic rings. The molecule has 0 saturated heterocycles. The predicted octanol–water partition coefficient (Wildman–Crippen LogP) is 1.83. The highest BCUT2D eigenvalue weighted by Gasteiger charge is 2.40. The van der Waals surface area contributed by atoms with Crippen LogP contribution < -0.4 is 5.73 Å². The molecule has 0 bridgehead atoms. The summed E-state index contributed by atoms with van der Waals surface area (Å²) < 4.78 is 52.5. The monoisotopic (exact) mass is 288 g/mol. The molecular formula is C11H8F4N4O. The number of primary amides is 1. The van der Waals surface area contributed by atoms with E-state index in [1.54, 1.807) is 0 Å². The molecule has 0 aromatic carbocycles. The van der Waals surface area contributed by atoms with Crippen molar-refractivity contribution in [1.82, 2.24) is 14.8 Å². The van der Waals surface area contributed by atoms with E-state index >= 15 is 0 Å². The zero-order valence-corrected chi connectivity index (χ0v) is 10.1. The van der Waals surface area contributed by atoms with Crippen LogP contribution in [0.5, 0.6) is 0 Å². The van der Waals surface area contributed by atoms with E-state index in [-0.39, 0.29) is 11.5 Å². The van der Waals surface area contributed by atoms with Crippen molar-refractivity contribution < 1.29 is 22.4 Å². The Morgan fingerprint density at radius 1 is 1.35 bits per heavy atom. The van der Waals surface area contributed by atoms with Crippen LogP contribution in [0.15, 0.2) is 18.3 Å². The fourth-order valence-corrected chi connectivity index (χ4v) is 1.62. The van der Waals surface area contributed by atoms with Gasteiger partial charge in [0, 0.05) is 0 Å². The summed E-state index contributed by atoms with van der Waals surface area (Å²) in [5.74, 6) is -2.18. The molecule has 20 heavy (non-hydrogen) atoms. The van der Waals surface area contributed by atoms with Crippen LogP contribution in [0.3, 0.4) is 0 Å². The lowest BCUT2D eigenvalue weighted by molar-refractivity contribution is -0.143. The van der Waals surface area contributed by atoms with Crippen LogP contribution >= 0.6 is 0 Å². The van der Waals surface area contributed by atoms with E-state index < -0.39 is 29.2 Å². The molecule has 0 fully saturated rings. The summed E-state index contributed by atoms with van der Waals surface area (Å²) in [4.78, 5) is 14.7. The van der Waals surface area contributed by atoms with E-state index in [1.807, 2.05) is 0 Å². The van der Waals surface area contributed by atoms with Gasteiger partial charge in [0.25, 0.3) is 5.91 Å². The number of alkyl halides is 3. The first-order valence-electron chi connectivity index (χ1n) is 5.30. The number of halogens is 4. The first-order chi connectivity index (χ1) is 9.21. The van der Waals surface area contributed by atoms with Gasteiger partial charge in [0.05, 0.1) is 17.5 Å². The fourth-order valence-electron chi connectivity index (χ4n) is 1.62. The maximum Gasteiger partial charge on any atom is 0.434 e. The Morgan fingerprint density at radius 2 is 2.00 bits per heavy atom. The summed E-state index contributed by atoms with van der Waals surface area (Å²) >= 11 is 0. The number of carbonyl (C=O) groups excluding carboxylic acids is 1. The lowest BCUT2D eigenvalue weighted by Crippen LogP contribution is -2.21. The third kappa shape index (κ3) is 2.33. The second kappa shape index (κ2) is 4.58. The summed E-state index contributed by atoms with van der Waals surface area (Å²) in [7, 11) is 0. The first kappa shape index (κ1) is 14.0. The number of aryl methyl sites for hydroxylation is 1. The minimum absolute atomic E-state index is 0.0910. The third-order valence-corrected chi connectivity index (χ3v) is 2.53. The van der Waals surface area contributed by atoms with Crippen molar-refractivity contribution in [3.05, 3.63) is 41.1 Å². The molecule has 0 aliphatic carbocycles. The first-order valence-corrected chi connectivity index (χ1v) is 5.30. The fraction of sp³-hybridized carbons (Fsp3) is 0.182. The third-order valence-electron chi connectivity index (χ3n) is 2.53. The highest BCUT2D eigenvalue weighted by atomic mass is 19.4. The SMILES string of the molecule is Cc1nc(-n2ncc(C(N)=O)c2C(F)(F)F)ccc1F. The number of rotatable bonds is 2. The molecule has 0 unspecified atom stereocenters. The zero-order valence-electron chi connectivity index (χ0n) is 10.1. The molecule has 0 atom stereocenters. The Kier molecular flexibility index (Phi) is 3.20. The van der Waals surface area contributed by atoms with Crippen molar-refractivity contribution in [1.29, 1.82) is 0 Å². The van der Waals surface area contributed by atoms with Gasteiger partial charge in [0.15, 0.2) is 11.5 Å². The highest BCUT2D eigenvalue weighted by molar-refractivity contribution is 5.94. The van der Waals surface area contributed by atoms with Crippen molar-refractivity contribution in [3.63, 3.8) is 0 Å². The summed E-state index contributed by atoms with van der Waals surface area (Å²) in [5, 5.41) is 3.46. The Balaban J connectivity index is 2.68. The second-order valence-electron chi connectivity index (χ2n) is 3.92. The predicted molar refractivity (Wildman–Crippen MR) is 59.6 cm³/mol. The molecule has 0 radical (unpaired) electrons. The Bertz CT molecular complexity index is 678. The number of pyridine rings is 1. The highest BCUT2D eigenvalue weighted by Crippen LogP contribution is 2.33. The van der Waals surface area contributed by atoms with Crippen LogP contribution in [-0.4, -0.2) is 20.7 Å². The molecule has 9 heteroatoms. The summed E-state index contributed by atoms with van der Waals surface area (Å²) in [6, 6.07) is 1.98. The van der Waals surface area contributed by atoms with Crippen LogP contribution in [0, 0.1) is 12.7 Å². The maximum absolute atomic E-state index is 13.1. The van der Waals surface area contributed by atoms with Crippen molar-refractivity contribution >= 4 is 5.91 Å². The molecule has 2 heterocycles. The van der Waals surface area contributed by atoms with E-state index in [2.05, 4.69) is 10.1 Å². The lowest BCUT2D eigenvalue weighted by atomic mass is 10.2. The van der Waals surface area contributed by atoms with Gasteiger partial charge >= 0.3 is 6.18 Å². The van der Waals surface area contributed by atoms with Gasteiger partial charge in [-0.15, -0.1) is 0 Å². The number of nitrogens with zero attached hydrogens (tertiary/aromatic N) is 3. The molecule has 2 N–H and O–H groups in total. The van der Waals surface area contributed by atoms with Gasteiger partial charge in [-0.2, -0.15) is 18.3 Å². The van der Waals surface area contributed by atoms with E-state index in [9.17, 15) is 22.4 Å². The number of carbonyl (C=O) groups is 1. The van der Waals surface area contributed by atoms with Gasteiger partial charge in [-0.3, -0.25) is 4.79 Å². The van der Waals surface area contributed by atoms with Crippen LogP contribution in [-0.2, 0) is 6.18 Å². The van der Waals surface area contributed by atoms with Crippen molar-refractivity contribution in [3.8, 4) is 5.82 Å². The van der Waals surface area contributed by atoms with Gasteiger partial charge < -0.3 is 5.73 Å². The van der Waals surface area contributed by atoms with Gasteiger partial charge in [0.1, 0.15) is 5.82 Å². The van der Waals surface area contributed by atoms with Crippen molar-refractivity contribution in [2.75, 3.05) is 0 Å². The number of amides is 1. The maximum atomic E-state index is 13.1. The molecule has 1 amide bonds. The number of hydrogen-bond acceptors (Lipinski definition) is 3. The van der Waals surface area contributed by atoms with E-state index in [1.165, 1.54) is 6.92 Å². The molecule has 0 aliphatic heterocycles. The average molecular weight is 288 g/mol. The van der Waals surface area contributed by atoms with Crippen LogP contribution in [0.1, 0.15) is 21.7 Å². The molecular weight excluding hydrogens is 280 g/mol. The normalized spacial score (nSPS) is 11.7. The average Bonchev–Trinajstić information content (AvgIpc) is 2.77. The van der Waals surface area contributed by atoms with Crippen LogP contribution in [0.25, 0.3) is 5.82 Å². The number of aromatic nitrogens is 3. The second-order valence-corrected chi connectivity index (χ2v) is 3.92. The molecule has 0 aliphatic rings. The number of nitrogens with two attached hydrogens (primary N) is 1. The molecule has 2 aromatic heterocycles. The van der Waals surface area contributed by atoms with E-state index in [4.69, 9.17) is 5.73 Å². The topological polar surface area (TPSA) is 73.8 Å². The Morgan fingerprint density at radius 3 is 2.50 bits per heavy atom. The summed E-state index contributed by atoms with van der Waals surface area (Å²) in [6.45, 7) is 1.30. The molecule has 5 nitrogen and oxygen atoms in total. The largest absolute Gasteiger partial charge is 0.434 e. The van der Waals surface area contributed by atoms with Crippen molar-refractivity contribution in [2.24, 2.45) is 5.73 Å². The Labute approximate surface area is 110 Å². The molecule has 2 rings (SSSR count). The minimum atomic E-state index is -4.86. The van der Waals surface area contributed by atoms with E-state index in [0.29, 0.717) is 10.9 Å². The van der Waals surface area contributed by atoms with Crippen LogP contribution in [0.2, 0.25) is 0 Å². The molecule has 0 spiro atoms. The van der Waals surface area contributed by atoms with Crippen LogP contribution in [0.4, 0.5) is 17.6 Å². The zero-order chi connectivity index (χ0) is 15.1. The standard InChI is InChI=1S/C11H8F4N4O/c1-5-7(12)2-3-8(18-5)19-9(11(13,14)15)6(4-17-19)10(16)20/h2-4H,1H3,(H2,16,20). The van der Waals surface area contributed by atoms with Gasteiger partial charge in [0.2, 0.25) is 0 Å². The molecule has 0 saturated carbocycles. The van der Waals surface area contributed by atoms with Crippen molar-refractivity contribution in [2.45, 2.75) is 13.1 Å². The van der Waals surface area contributed by atoms with Gasteiger partial charge in [-0.1, -0.05) is 0 Å². The van der Waals surface area contributed by atoms with Gasteiger partial charge in [-0.25, -0.2) is 14.1 Å². The smallest absolute Gasteiger partial charge is 0.365 e. The minimum Gasteiger partial charge on any atom is -0.365 e. The van der Waals surface area contributed by atoms with Gasteiger partial charge in [-0.05, 0) is 19.1 Å². The quantitative estimate of drug-likeness (QED) is 0.857. The summed E-state index contributed by atoms with van der Waals surface area (Å²) in [6.07, 6.45) is -4.16. The Hall–Kier alpha value is -2.45. The summed E-state index contributed by atoms with van der Waals surface area (Å²) in [5.41, 5.74) is 2.67. The molecule has 106 valence electrons. The number of hydrogen-bond donors (Lipinski definition) is 1. The lowest BCUT2D eigenvalue weighted by Gasteiger charge is -2.11.